The number of aliphatic imine (C=N–C) groups is 1. The first-order valence-electron chi connectivity index (χ1n) is 4.95. The molecular formula is C12H9N3O2. The monoisotopic (exact) mass is 227 g/mol. The maximum atomic E-state index is 10.8. The van der Waals surface area contributed by atoms with Crippen molar-refractivity contribution in [1.29, 1.82) is 0 Å². The molecule has 0 unspecified atom stereocenters. The van der Waals surface area contributed by atoms with E-state index < -0.39 is 4.92 Å². The molecule has 0 aliphatic rings. The average Bonchev–Trinajstić information content (AvgIpc) is 2.38. The van der Waals surface area contributed by atoms with E-state index >= 15 is 0 Å². The fourth-order valence-electron chi connectivity index (χ4n) is 1.34. The number of nitro groups is 1. The van der Waals surface area contributed by atoms with Gasteiger partial charge in [0.1, 0.15) is 0 Å². The SMILES string of the molecule is O=[N+]([O-])c1ccccc1C=Nc1cccnc1. The highest BCUT2D eigenvalue weighted by Crippen LogP contribution is 2.16. The molecule has 5 nitrogen and oxygen atoms in total. The number of aromatic nitrogens is 1. The highest BCUT2D eigenvalue weighted by molar-refractivity contribution is 5.86. The average molecular weight is 227 g/mol. The van der Waals surface area contributed by atoms with E-state index in [-0.39, 0.29) is 5.69 Å². The fraction of sp³-hybridized carbons (Fsp3) is 0. The van der Waals surface area contributed by atoms with Gasteiger partial charge in [-0.2, -0.15) is 0 Å². The van der Waals surface area contributed by atoms with Crippen molar-refractivity contribution < 1.29 is 4.92 Å². The van der Waals surface area contributed by atoms with Gasteiger partial charge in [-0.25, -0.2) is 0 Å². The smallest absolute Gasteiger partial charge is 0.262 e. The summed E-state index contributed by atoms with van der Waals surface area (Å²) in [5.41, 5.74) is 1.17. The number of benzene rings is 1. The number of para-hydroxylation sites is 1. The quantitative estimate of drug-likeness (QED) is 0.460. The summed E-state index contributed by atoms with van der Waals surface area (Å²) in [4.78, 5) is 18.4. The van der Waals surface area contributed by atoms with Gasteiger partial charge in [-0.15, -0.1) is 0 Å². The summed E-state index contributed by atoms with van der Waals surface area (Å²) in [6.07, 6.45) is 4.70. The number of rotatable bonds is 3. The van der Waals surface area contributed by atoms with Crippen LogP contribution in [0.25, 0.3) is 0 Å². The second kappa shape index (κ2) is 4.98. The maximum absolute atomic E-state index is 10.8. The van der Waals surface area contributed by atoms with Crippen LogP contribution in [-0.2, 0) is 0 Å². The predicted octanol–water partition coefficient (Wildman–Crippen LogP) is 2.74. The van der Waals surface area contributed by atoms with Crippen LogP contribution in [0.5, 0.6) is 0 Å². The van der Waals surface area contributed by atoms with E-state index in [9.17, 15) is 10.1 Å². The van der Waals surface area contributed by atoms with Gasteiger partial charge in [-0.3, -0.25) is 20.1 Å². The van der Waals surface area contributed by atoms with Crippen LogP contribution in [0, 0.1) is 10.1 Å². The molecule has 5 heteroatoms. The lowest BCUT2D eigenvalue weighted by atomic mass is 10.2. The Labute approximate surface area is 97.6 Å². The molecule has 0 aliphatic heterocycles. The molecule has 0 radical (unpaired) electrons. The molecule has 0 bridgehead atoms. The van der Waals surface area contributed by atoms with E-state index in [2.05, 4.69) is 9.98 Å². The maximum Gasteiger partial charge on any atom is 0.278 e. The molecule has 2 aromatic rings. The van der Waals surface area contributed by atoms with Gasteiger partial charge in [0.05, 0.1) is 22.4 Å². The Morgan fingerprint density at radius 2 is 2.06 bits per heavy atom. The molecule has 0 N–H and O–H groups in total. The number of nitrogens with zero attached hydrogens (tertiary/aromatic N) is 3. The third-order valence-electron chi connectivity index (χ3n) is 2.13. The molecule has 0 atom stereocenters. The summed E-state index contributed by atoms with van der Waals surface area (Å²) in [5, 5.41) is 10.8. The molecule has 0 spiro atoms. The number of hydrogen-bond acceptors (Lipinski definition) is 4. The van der Waals surface area contributed by atoms with E-state index in [1.54, 1.807) is 42.7 Å². The van der Waals surface area contributed by atoms with Crippen LogP contribution in [-0.4, -0.2) is 16.1 Å². The minimum Gasteiger partial charge on any atom is -0.262 e. The van der Waals surface area contributed by atoms with Gasteiger partial charge in [0, 0.05) is 18.5 Å². The van der Waals surface area contributed by atoms with Crippen molar-refractivity contribution in [3.63, 3.8) is 0 Å². The largest absolute Gasteiger partial charge is 0.278 e. The van der Waals surface area contributed by atoms with Crippen LogP contribution >= 0.6 is 0 Å². The lowest BCUT2D eigenvalue weighted by Crippen LogP contribution is -1.93. The summed E-state index contributed by atoms with van der Waals surface area (Å²) in [5.74, 6) is 0. The molecule has 0 saturated carbocycles. The van der Waals surface area contributed by atoms with E-state index in [4.69, 9.17) is 0 Å². The summed E-state index contributed by atoms with van der Waals surface area (Å²) < 4.78 is 0. The number of nitro benzene ring substituents is 1. The van der Waals surface area contributed by atoms with Gasteiger partial charge in [0.15, 0.2) is 0 Å². The zero-order valence-corrected chi connectivity index (χ0v) is 8.85. The molecule has 17 heavy (non-hydrogen) atoms. The topological polar surface area (TPSA) is 68.4 Å². The van der Waals surface area contributed by atoms with E-state index in [0.29, 0.717) is 11.3 Å². The van der Waals surface area contributed by atoms with Crippen LogP contribution in [0.1, 0.15) is 5.56 Å². The minimum atomic E-state index is -0.426. The molecule has 2 rings (SSSR count). The van der Waals surface area contributed by atoms with Crippen LogP contribution < -0.4 is 0 Å². The summed E-state index contributed by atoms with van der Waals surface area (Å²) in [6.45, 7) is 0. The standard InChI is InChI=1S/C12H9N3O2/c16-15(17)12-6-2-1-4-10(12)8-14-11-5-3-7-13-9-11/h1-9H. The van der Waals surface area contributed by atoms with Crippen molar-refractivity contribution in [2.75, 3.05) is 0 Å². The number of pyridine rings is 1. The predicted molar refractivity (Wildman–Crippen MR) is 64.6 cm³/mol. The Morgan fingerprint density at radius 1 is 1.24 bits per heavy atom. The second-order valence-corrected chi connectivity index (χ2v) is 3.29. The van der Waals surface area contributed by atoms with E-state index in [0.717, 1.165) is 0 Å². The summed E-state index contributed by atoms with van der Waals surface area (Å²) >= 11 is 0. The summed E-state index contributed by atoms with van der Waals surface area (Å²) in [7, 11) is 0. The molecule has 1 aromatic heterocycles. The zero-order valence-electron chi connectivity index (χ0n) is 8.85. The van der Waals surface area contributed by atoms with Crippen LogP contribution in [0.2, 0.25) is 0 Å². The van der Waals surface area contributed by atoms with Crippen molar-refractivity contribution in [3.05, 3.63) is 64.5 Å². The molecule has 1 heterocycles. The van der Waals surface area contributed by atoms with Gasteiger partial charge in [-0.05, 0) is 18.2 Å². The van der Waals surface area contributed by atoms with Crippen molar-refractivity contribution in [2.45, 2.75) is 0 Å². The van der Waals surface area contributed by atoms with Gasteiger partial charge < -0.3 is 0 Å². The Hall–Kier alpha value is -2.56. The van der Waals surface area contributed by atoms with Crippen molar-refractivity contribution in [2.24, 2.45) is 4.99 Å². The first-order chi connectivity index (χ1) is 8.27. The Bertz CT molecular complexity index is 553. The van der Waals surface area contributed by atoms with Gasteiger partial charge in [0.25, 0.3) is 5.69 Å². The highest BCUT2D eigenvalue weighted by Gasteiger charge is 2.09. The zero-order chi connectivity index (χ0) is 12.1. The van der Waals surface area contributed by atoms with Crippen molar-refractivity contribution in [3.8, 4) is 0 Å². The molecule has 0 fully saturated rings. The third-order valence-corrected chi connectivity index (χ3v) is 2.13. The lowest BCUT2D eigenvalue weighted by molar-refractivity contribution is -0.385. The first-order valence-corrected chi connectivity index (χ1v) is 4.95. The Kier molecular flexibility index (Phi) is 3.20. The van der Waals surface area contributed by atoms with Gasteiger partial charge >= 0.3 is 0 Å². The summed E-state index contributed by atoms with van der Waals surface area (Å²) in [6, 6.07) is 9.99. The minimum absolute atomic E-state index is 0.0418. The van der Waals surface area contributed by atoms with E-state index in [1.165, 1.54) is 12.3 Å². The van der Waals surface area contributed by atoms with Crippen molar-refractivity contribution in [1.82, 2.24) is 4.98 Å². The Morgan fingerprint density at radius 3 is 2.76 bits per heavy atom. The molecule has 1 aromatic carbocycles. The highest BCUT2D eigenvalue weighted by atomic mass is 16.6. The lowest BCUT2D eigenvalue weighted by Gasteiger charge is -1.96. The van der Waals surface area contributed by atoms with E-state index in [1.807, 2.05) is 0 Å². The van der Waals surface area contributed by atoms with Crippen molar-refractivity contribution >= 4 is 17.6 Å². The number of hydrogen-bond donors (Lipinski definition) is 0. The second-order valence-electron chi connectivity index (χ2n) is 3.29. The first kappa shape index (κ1) is 10.9. The fourth-order valence-corrected chi connectivity index (χ4v) is 1.34. The molecular weight excluding hydrogens is 218 g/mol. The molecule has 0 aliphatic carbocycles. The third kappa shape index (κ3) is 2.72. The molecule has 0 saturated heterocycles. The molecule has 84 valence electrons. The normalized spacial score (nSPS) is 10.6. The van der Waals surface area contributed by atoms with Gasteiger partial charge in [-0.1, -0.05) is 12.1 Å². The molecule has 0 amide bonds. The Balaban J connectivity index is 2.30. The van der Waals surface area contributed by atoms with Crippen LogP contribution in [0.4, 0.5) is 11.4 Å². The van der Waals surface area contributed by atoms with Gasteiger partial charge in [0.2, 0.25) is 0 Å². The van der Waals surface area contributed by atoms with Crippen LogP contribution in [0.15, 0.2) is 53.8 Å². The van der Waals surface area contributed by atoms with Crippen LogP contribution in [0.3, 0.4) is 0 Å².